The van der Waals surface area contributed by atoms with Crippen LogP contribution in [0.25, 0.3) is 0 Å². The molecule has 2 aromatic rings. The fraction of sp³-hybridized carbons (Fsp3) is 0.348. The van der Waals surface area contributed by atoms with Gasteiger partial charge in [-0.05, 0) is 36.6 Å². The van der Waals surface area contributed by atoms with Crippen molar-refractivity contribution in [3.05, 3.63) is 71.3 Å². The second-order valence-corrected chi connectivity index (χ2v) is 6.82. The number of nitrogens with zero attached hydrogens (tertiary/aromatic N) is 1. The molecule has 0 atom stereocenters. The van der Waals surface area contributed by atoms with E-state index in [9.17, 15) is 4.79 Å². The zero-order valence-electron chi connectivity index (χ0n) is 16.1. The van der Waals surface area contributed by atoms with Crippen LogP contribution in [-0.4, -0.2) is 44.5 Å². The van der Waals surface area contributed by atoms with Crippen molar-refractivity contribution in [1.29, 1.82) is 0 Å². The molecule has 0 unspecified atom stereocenters. The Morgan fingerprint density at radius 3 is 2.48 bits per heavy atom. The molecule has 0 radical (unpaired) electrons. The number of methoxy groups -OCH3 is 2. The van der Waals surface area contributed by atoms with E-state index >= 15 is 0 Å². The summed E-state index contributed by atoms with van der Waals surface area (Å²) >= 11 is 0. The Morgan fingerprint density at radius 1 is 1.04 bits per heavy atom. The van der Waals surface area contributed by atoms with E-state index in [1.165, 1.54) is 11.1 Å². The number of carbonyl (C=O) groups is 1. The second-order valence-electron chi connectivity index (χ2n) is 6.82. The predicted octanol–water partition coefficient (Wildman–Crippen LogP) is 4.15. The average Bonchev–Trinajstić information content (AvgIpc) is 2.73. The topological polar surface area (TPSA) is 38.8 Å². The molecule has 0 saturated carbocycles. The van der Waals surface area contributed by atoms with Crippen molar-refractivity contribution < 1.29 is 14.3 Å². The number of carbonyl (C=O) groups excluding carboxylic acids is 1. The Hall–Kier alpha value is -2.59. The number of hydrogen-bond acceptors (Lipinski definition) is 4. The largest absolute Gasteiger partial charge is 0.493 e. The minimum Gasteiger partial charge on any atom is -0.493 e. The van der Waals surface area contributed by atoms with E-state index in [1.807, 2.05) is 0 Å². The van der Waals surface area contributed by atoms with Crippen molar-refractivity contribution in [2.24, 2.45) is 0 Å². The van der Waals surface area contributed by atoms with Gasteiger partial charge in [-0.2, -0.15) is 0 Å². The van der Waals surface area contributed by atoms with Gasteiger partial charge >= 0.3 is 0 Å². The molecule has 0 aliphatic carbocycles. The highest BCUT2D eigenvalue weighted by Crippen LogP contribution is 2.28. The molecule has 142 valence electrons. The standard InChI is InChI=1S/C23H27NO3/c1-26-22-9-8-20(17-23(22)27-2)21(25)12-15-24-13-10-19(11-14-24)16-18-6-4-3-5-7-18/h3-10,17H,11-16H2,1-2H3. The minimum atomic E-state index is 0.134. The smallest absolute Gasteiger partial charge is 0.164 e. The molecule has 0 bridgehead atoms. The first-order valence-corrected chi connectivity index (χ1v) is 9.39. The van der Waals surface area contributed by atoms with Gasteiger partial charge < -0.3 is 9.47 Å². The summed E-state index contributed by atoms with van der Waals surface area (Å²) < 4.78 is 10.5. The van der Waals surface area contributed by atoms with E-state index in [-0.39, 0.29) is 5.78 Å². The number of Topliss-reactive ketones (excluding diaryl/α,β-unsaturated/α-hetero) is 1. The maximum Gasteiger partial charge on any atom is 0.164 e. The molecule has 0 fully saturated rings. The van der Waals surface area contributed by atoms with Crippen molar-refractivity contribution in [3.63, 3.8) is 0 Å². The fourth-order valence-electron chi connectivity index (χ4n) is 3.39. The third kappa shape index (κ3) is 5.20. The lowest BCUT2D eigenvalue weighted by molar-refractivity contribution is 0.0965. The van der Waals surface area contributed by atoms with Gasteiger partial charge in [0, 0.05) is 31.6 Å². The highest BCUT2D eigenvalue weighted by Gasteiger charge is 2.15. The van der Waals surface area contributed by atoms with E-state index in [1.54, 1.807) is 32.4 Å². The Labute approximate surface area is 161 Å². The van der Waals surface area contributed by atoms with Gasteiger partial charge in [0.1, 0.15) is 0 Å². The SMILES string of the molecule is COc1ccc(C(=O)CCN2CC=C(Cc3ccccc3)CC2)cc1OC. The maximum atomic E-state index is 12.5. The molecule has 0 amide bonds. The lowest BCUT2D eigenvalue weighted by Gasteiger charge is -2.26. The molecule has 0 saturated heterocycles. The van der Waals surface area contributed by atoms with Crippen LogP contribution in [-0.2, 0) is 6.42 Å². The summed E-state index contributed by atoms with van der Waals surface area (Å²) in [7, 11) is 3.18. The van der Waals surface area contributed by atoms with Gasteiger partial charge in [0.05, 0.1) is 14.2 Å². The summed E-state index contributed by atoms with van der Waals surface area (Å²) in [6.07, 6.45) is 4.92. The van der Waals surface area contributed by atoms with Crippen molar-refractivity contribution in [1.82, 2.24) is 4.90 Å². The van der Waals surface area contributed by atoms with Gasteiger partial charge in [-0.3, -0.25) is 9.69 Å². The van der Waals surface area contributed by atoms with Crippen LogP contribution in [0.1, 0.15) is 28.8 Å². The lowest BCUT2D eigenvalue weighted by atomic mass is 9.99. The zero-order chi connectivity index (χ0) is 19.1. The van der Waals surface area contributed by atoms with E-state index in [0.29, 0.717) is 23.5 Å². The van der Waals surface area contributed by atoms with Crippen LogP contribution in [0.4, 0.5) is 0 Å². The minimum absolute atomic E-state index is 0.134. The van der Waals surface area contributed by atoms with Crippen molar-refractivity contribution in [3.8, 4) is 11.5 Å². The van der Waals surface area contributed by atoms with Crippen molar-refractivity contribution >= 4 is 5.78 Å². The van der Waals surface area contributed by atoms with Gasteiger partial charge in [-0.15, -0.1) is 0 Å². The number of hydrogen-bond donors (Lipinski definition) is 0. The van der Waals surface area contributed by atoms with Crippen LogP contribution >= 0.6 is 0 Å². The summed E-state index contributed by atoms with van der Waals surface area (Å²) in [6.45, 7) is 2.71. The Bertz CT molecular complexity index is 799. The molecule has 0 aromatic heterocycles. The molecule has 1 heterocycles. The highest BCUT2D eigenvalue weighted by atomic mass is 16.5. The molecule has 27 heavy (non-hydrogen) atoms. The number of benzene rings is 2. The molecule has 0 spiro atoms. The first-order valence-electron chi connectivity index (χ1n) is 9.39. The van der Waals surface area contributed by atoms with Crippen molar-refractivity contribution in [2.45, 2.75) is 19.3 Å². The maximum absolute atomic E-state index is 12.5. The molecular formula is C23H27NO3. The van der Waals surface area contributed by atoms with E-state index in [0.717, 1.165) is 32.5 Å². The van der Waals surface area contributed by atoms with Crippen LogP contribution in [0.5, 0.6) is 11.5 Å². The number of rotatable bonds is 8. The molecule has 4 heteroatoms. The first kappa shape index (κ1) is 19.2. The summed E-state index contributed by atoms with van der Waals surface area (Å²) in [5.74, 6) is 1.37. The van der Waals surface area contributed by atoms with Crippen LogP contribution in [0.2, 0.25) is 0 Å². The Balaban J connectivity index is 1.50. The summed E-state index contributed by atoms with van der Waals surface area (Å²) in [4.78, 5) is 14.9. The Morgan fingerprint density at radius 2 is 1.81 bits per heavy atom. The normalized spacial score (nSPS) is 14.5. The summed E-state index contributed by atoms with van der Waals surface area (Å²) in [5.41, 5.74) is 3.52. The third-order valence-corrected chi connectivity index (χ3v) is 5.02. The number of ether oxygens (including phenoxy) is 2. The van der Waals surface area contributed by atoms with E-state index in [4.69, 9.17) is 9.47 Å². The molecule has 2 aromatic carbocycles. The van der Waals surface area contributed by atoms with E-state index < -0.39 is 0 Å². The van der Waals surface area contributed by atoms with Crippen LogP contribution in [0.3, 0.4) is 0 Å². The first-order chi connectivity index (χ1) is 13.2. The molecule has 0 N–H and O–H groups in total. The van der Waals surface area contributed by atoms with E-state index in [2.05, 4.69) is 41.3 Å². The second kappa shape index (κ2) is 9.38. The molecular weight excluding hydrogens is 338 g/mol. The lowest BCUT2D eigenvalue weighted by Crippen LogP contribution is -2.31. The Kier molecular flexibility index (Phi) is 6.66. The molecule has 3 rings (SSSR count). The quantitative estimate of drug-likeness (QED) is 0.520. The molecule has 1 aliphatic rings. The average molecular weight is 365 g/mol. The van der Waals surface area contributed by atoms with Crippen LogP contribution in [0, 0.1) is 0 Å². The van der Waals surface area contributed by atoms with Gasteiger partial charge in [-0.25, -0.2) is 0 Å². The van der Waals surface area contributed by atoms with Crippen LogP contribution in [0.15, 0.2) is 60.2 Å². The molecule has 4 nitrogen and oxygen atoms in total. The van der Waals surface area contributed by atoms with Gasteiger partial charge in [0.2, 0.25) is 0 Å². The summed E-state index contributed by atoms with van der Waals surface area (Å²) in [5, 5.41) is 0. The van der Waals surface area contributed by atoms with Gasteiger partial charge in [-0.1, -0.05) is 42.0 Å². The highest BCUT2D eigenvalue weighted by molar-refractivity contribution is 5.96. The fourth-order valence-corrected chi connectivity index (χ4v) is 3.39. The molecule has 1 aliphatic heterocycles. The summed E-state index contributed by atoms with van der Waals surface area (Å²) in [6, 6.07) is 15.9. The van der Waals surface area contributed by atoms with Crippen LogP contribution < -0.4 is 9.47 Å². The predicted molar refractivity (Wildman–Crippen MR) is 108 cm³/mol. The van der Waals surface area contributed by atoms with Gasteiger partial charge in [0.25, 0.3) is 0 Å². The number of ketones is 1. The zero-order valence-corrected chi connectivity index (χ0v) is 16.1. The third-order valence-electron chi connectivity index (χ3n) is 5.02. The van der Waals surface area contributed by atoms with Gasteiger partial charge in [0.15, 0.2) is 17.3 Å². The van der Waals surface area contributed by atoms with Crippen molar-refractivity contribution in [2.75, 3.05) is 33.9 Å². The monoisotopic (exact) mass is 365 g/mol.